The van der Waals surface area contributed by atoms with Gasteiger partial charge in [0.15, 0.2) is 0 Å². The quantitative estimate of drug-likeness (QED) is 0.881. The number of aromatic carboxylic acids is 1. The largest absolute Gasteiger partial charge is 0.508 e. The number of rotatable bonds is 5. The van der Waals surface area contributed by atoms with Gasteiger partial charge in [-0.05, 0) is 41.8 Å². The molecule has 0 radical (unpaired) electrons. The molecule has 0 aliphatic carbocycles. The standard InChI is InChI=1S/C16H15FO4/c1-2-5-21-15-4-3-10(8-14(15)16(19)20)11-6-12(17)9-13(18)7-11/h3-4,6-9,18H,2,5H2,1H3,(H,19,20). The zero-order chi connectivity index (χ0) is 15.4. The molecule has 2 rings (SSSR count). The SMILES string of the molecule is CCCOc1ccc(-c2cc(O)cc(F)c2)cc1C(=O)O. The molecule has 0 atom stereocenters. The van der Waals surface area contributed by atoms with E-state index in [4.69, 9.17) is 4.74 Å². The van der Waals surface area contributed by atoms with E-state index in [0.717, 1.165) is 12.5 Å². The first-order valence-electron chi connectivity index (χ1n) is 6.51. The minimum atomic E-state index is -1.12. The second kappa shape index (κ2) is 6.26. The fraction of sp³-hybridized carbons (Fsp3) is 0.188. The number of hydrogen-bond acceptors (Lipinski definition) is 3. The summed E-state index contributed by atoms with van der Waals surface area (Å²) in [6.07, 6.45) is 0.762. The fourth-order valence-corrected chi connectivity index (χ4v) is 1.96. The Bertz CT molecular complexity index is 647. The first-order valence-corrected chi connectivity index (χ1v) is 6.51. The van der Waals surface area contributed by atoms with Crippen molar-refractivity contribution in [1.29, 1.82) is 0 Å². The van der Waals surface area contributed by atoms with Gasteiger partial charge in [0, 0.05) is 6.07 Å². The first kappa shape index (κ1) is 14.8. The van der Waals surface area contributed by atoms with Gasteiger partial charge in [0.25, 0.3) is 0 Å². The second-order valence-electron chi connectivity index (χ2n) is 4.56. The summed E-state index contributed by atoms with van der Waals surface area (Å²) in [6.45, 7) is 2.34. The van der Waals surface area contributed by atoms with Crippen molar-refractivity contribution < 1.29 is 24.1 Å². The van der Waals surface area contributed by atoms with Gasteiger partial charge in [0.1, 0.15) is 22.9 Å². The van der Waals surface area contributed by atoms with Crippen LogP contribution in [0, 0.1) is 5.82 Å². The van der Waals surface area contributed by atoms with Crippen molar-refractivity contribution in [3.8, 4) is 22.6 Å². The van der Waals surface area contributed by atoms with Crippen LogP contribution in [-0.4, -0.2) is 22.8 Å². The average Bonchev–Trinajstić information content (AvgIpc) is 2.43. The van der Waals surface area contributed by atoms with Crippen LogP contribution in [0.3, 0.4) is 0 Å². The van der Waals surface area contributed by atoms with E-state index in [1.165, 1.54) is 24.3 Å². The van der Waals surface area contributed by atoms with Gasteiger partial charge in [-0.15, -0.1) is 0 Å². The molecule has 0 saturated heterocycles. The number of halogens is 1. The van der Waals surface area contributed by atoms with Gasteiger partial charge in [0.2, 0.25) is 0 Å². The van der Waals surface area contributed by atoms with E-state index in [0.29, 0.717) is 17.7 Å². The van der Waals surface area contributed by atoms with Crippen LogP contribution in [0.2, 0.25) is 0 Å². The summed E-state index contributed by atoms with van der Waals surface area (Å²) in [5, 5.41) is 18.7. The molecule has 110 valence electrons. The van der Waals surface area contributed by atoms with Crippen LogP contribution < -0.4 is 4.74 Å². The van der Waals surface area contributed by atoms with Crippen molar-refractivity contribution in [2.24, 2.45) is 0 Å². The Kier molecular flexibility index (Phi) is 4.42. The van der Waals surface area contributed by atoms with E-state index in [1.54, 1.807) is 6.07 Å². The lowest BCUT2D eigenvalue weighted by atomic mass is 10.0. The van der Waals surface area contributed by atoms with Crippen molar-refractivity contribution >= 4 is 5.97 Å². The van der Waals surface area contributed by atoms with E-state index < -0.39 is 11.8 Å². The fourth-order valence-electron chi connectivity index (χ4n) is 1.96. The molecule has 0 heterocycles. The number of carboxylic acids is 1. The van der Waals surface area contributed by atoms with E-state index in [1.807, 2.05) is 6.92 Å². The summed E-state index contributed by atoms with van der Waals surface area (Å²) in [7, 11) is 0. The molecule has 0 aliphatic heterocycles. The average molecular weight is 290 g/mol. The molecule has 0 fully saturated rings. The molecule has 0 amide bonds. The molecule has 0 aromatic heterocycles. The number of phenolic OH excluding ortho intramolecular Hbond substituents is 1. The molecule has 2 aromatic rings. The highest BCUT2D eigenvalue weighted by Gasteiger charge is 2.13. The summed E-state index contributed by atoms with van der Waals surface area (Å²) in [4.78, 5) is 11.3. The number of carbonyl (C=O) groups is 1. The molecule has 4 nitrogen and oxygen atoms in total. The van der Waals surface area contributed by atoms with Crippen LogP contribution in [0.15, 0.2) is 36.4 Å². The number of aromatic hydroxyl groups is 1. The van der Waals surface area contributed by atoms with Crippen molar-refractivity contribution in [3.05, 3.63) is 47.8 Å². The highest BCUT2D eigenvalue weighted by Crippen LogP contribution is 2.29. The van der Waals surface area contributed by atoms with Crippen LogP contribution in [0.25, 0.3) is 11.1 Å². The Labute approximate surface area is 121 Å². The predicted molar refractivity (Wildman–Crippen MR) is 76.2 cm³/mol. The van der Waals surface area contributed by atoms with Gasteiger partial charge in [-0.2, -0.15) is 0 Å². The van der Waals surface area contributed by atoms with Crippen molar-refractivity contribution in [2.45, 2.75) is 13.3 Å². The lowest BCUT2D eigenvalue weighted by Gasteiger charge is -2.10. The molecule has 0 aliphatic rings. The normalized spacial score (nSPS) is 10.4. The van der Waals surface area contributed by atoms with Gasteiger partial charge in [-0.1, -0.05) is 13.0 Å². The Balaban J connectivity index is 2.46. The molecule has 0 bridgehead atoms. The summed E-state index contributed by atoms with van der Waals surface area (Å²) < 4.78 is 18.7. The second-order valence-corrected chi connectivity index (χ2v) is 4.56. The number of benzene rings is 2. The molecule has 0 spiro atoms. The zero-order valence-corrected chi connectivity index (χ0v) is 11.5. The van der Waals surface area contributed by atoms with Crippen LogP contribution >= 0.6 is 0 Å². The molecule has 0 saturated carbocycles. The lowest BCUT2D eigenvalue weighted by Crippen LogP contribution is -2.04. The van der Waals surface area contributed by atoms with Crippen LogP contribution in [0.1, 0.15) is 23.7 Å². The maximum atomic E-state index is 13.3. The Hall–Kier alpha value is -2.56. The third-order valence-electron chi connectivity index (χ3n) is 2.89. The molecule has 21 heavy (non-hydrogen) atoms. The first-order chi connectivity index (χ1) is 10.0. The summed E-state index contributed by atoms with van der Waals surface area (Å²) in [6, 6.07) is 8.16. The Morgan fingerprint density at radius 1 is 1.19 bits per heavy atom. The van der Waals surface area contributed by atoms with E-state index in [-0.39, 0.29) is 17.1 Å². The van der Waals surface area contributed by atoms with Crippen LogP contribution in [0.5, 0.6) is 11.5 Å². The van der Waals surface area contributed by atoms with Gasteiger partial charge < -0.3 is 14.9 Å². The Morgan fingerprint density at radius 2 is 1.95 bits per heavy atom. The highest BCUT2D eigenvalue weighted by atomic mass is 19.1. The van der Waals surface area contributed by atoms with Gasteiger partial charge in [-0.3, -0.25) is 0 Å². The molecular weight excluding hydrogens is 275 g/mol. The van der Waals surface area contributed by atoms with Crippen molar-refractivity contribution in [3.63, 3.8) is 0 Å². The van der Waals surface area contributed by atoms with Gasteiger partial charge >= 0.3 is 5.97 Å². The molecule has 2 N–H and O–H groups in total. The minimum absolute atomic E-state index is 0.00435. The molecule has 2 aromatic carbocycles. The number of ether oxygens (including phenoxy) is 1. The maximum Gasteiger partial charge on any atom is 0.339 e. The highest BCUT2D eigenvalue weighted by molar-refractivity contribution is 5.92. The van der Waals surface area contributed by atoms with E-state index in [9.17, 15) is 19.4 Å². The van der Waals surface area contributed by atoms with Crippen molar-refractivity contribution in [2.75, 3.05) is 6.61 Å². The van der Waals surface area contributed by atoms with E-state index in [2.05, 4.69) is 0 Å². The third-order valence-corrected chi connectivity index (χ3v) is 2.89. The smallest absolute Gasteiger partial charge is 0.339 e. The topological polar surface area (TPSA) is 66.8 Å². The predicted octanol–water partition coefficient (Wildman–Crippen LogP) is 3.69. The number of carboxylic acid groups (broad SMARTS) is 1. The summed E-state index contributed by atoms with van der Waals surface area (Å²) in [5.74, 6) is -1.65. The zero-order valence-electron chi connectivity index (χ0n) is 11.5. The summed E-state index contributed by atoms with van der Waals surface area (Å²) in [5.41, 5.74) is 0.896. The maximum absolute atomic E-state index is 13.3. The molecular formula is C16H15FO4. The third kappa shape index (κ3) is 3.51. The van der Waals surface area contributed by atoms with Gasteiger partial charge in [0.05, 0.1) is 6.61 Å². The summed E-state index contributed by atoms with van der Waals surface area (Å²) >= 11 is 0. The number of hydrogen-bond donors (Lipinski definition) is 2. The Morgan fingerprint density at radius 3 is 2.57 bits per heavy atom. The van der Waals surface area contributed by atoms with Gasteiger partial charge in [-0.25, -0.2) is 9.18 Å². The minimum Gasteiger partial charge on any atom is -0.508 e. The monoisotopic (exact) mass is 290 g/mol. The van der Waals surface area contributed by atoms with Crippen molar-refractivity contribution in [1.82, 2.24) is 0 Å². The lowest BCUT2D eigenvalue weighted by molar-refractivity contribution is 0.0692. The van der Waals surface area contributed by atoms with E-state index >= 15 is 0 Å². The van der Waals surface area contributed by atoms with Crippen LogP contribution in [0.4, 0.5) is 4.39 Å². The molecule has 5 heteroatoms. The molecule has 0 unspecified atom stereocenters. The van der Waals surface area contributed by atoms with Crippen LogP contribution in [-0.2, 0) is 0 Å². The number of phenols is 1.